The highest BCUT2D eigenvalue weighted by Crippen LogP contribution is 2.18. The molecule has 2 aromatic carbocycles. The number of fused-ring (bicyclic) bond motifs is 1. The first-order chi connectivity index (χ1) is 8.27. The van der Waals surface area contributed by atoms with Crippen LogP contribution < -0.4 is 0 Å². The SMILES string of the molecule is O=C(O)COCCc1cccc2ccccc12. The zero-order valence-electron chi connectivity index (χ0n) is 9.43. The Morgan fingerprint density at radius 1 is 1.12 bits per heavy atom. The van der Waals surface area contributed by atoms with Crippen molar-refractivity contribution in [2.24, 2.45) is 0 Å². The van der Waals surface area contributed by atoms with E-state index < -0.39 is 5.97 Å². The van der Waals surface area contributed by atoms with Crippen molar-refractivity contribution in [2.75, 3.05) is 13.2 Å². The maximum atomic E-state index is 10.3. The molecular weight excluding hydrogens is 216 g/mol. The van der Waals surface area contributed by atoms with Gasteiger partial charge in [0.15, 0.2) is 0 Å². The number of hydrogen-bond donors (Lipinski definition) is 1. The summed E-state index contributed by atoms with van der Waals surface area (Å²) in [6, 6.07) is 14.3. The highest BCUT2D eigenvalue weighted by Gasteiger charge is 2.01. The Morgan fingerprint density at radius 3 is 2.71 bits per heavy atom. The molecule has 0 aromatic heterocycles. The van der Waals surface area contributed by atoms with Crippen molar-refractivity contribution in [1.29, 1.82) is 0 Å². The largest absolute Gasteiger partial charge is 0.480 e. The van der Waals surface area contributed by atoms with Crippen LogP contribution in [0.4, 0.5) is 0 Å². The molecule has 0 unspecified atom stereocenters. The lowest BCUT2D eigenvalue weighted by Gasteiger charge is -2.06. The Bertz CT molecular complexity index is 514. The normalized spacial score (nSPS) is 10.6. The van der Waals surface area contributed by atoms with Crippen LogP contribution in [-0.4, -0.2) is 24.3 Å². The molecule has 0 aliphatic carbocycles. The molecule has 17 heavy (non-hydrogen) atoms. The van der Waals surface area contributed by atoms with Gasteiger partial charge in [-0.15, -0.1) is 0 Å². The molecular formula is C14H14O3. The van der Waals surface area contributed by atoms with Crippen molar-refractivity contribution in [2.45, 2.75) is 6.42 Å². The molecule has 88 valence electrons. The van der Waals surface area contributed by atoms with Crippen LogP contribution in [0.15, 0.2) is 42.5 Å². The van der Waals surface area contributed by atoms with Crippen molar-refractivity contribution in [3.8, 4) is 0 Å². The van der Waals surface area contributed by atoms with Gasteiger partial charge in [0.05, 0.1) is 6.61 Å². The van der Waals surface area contributed by atoms with Gasteiger partial charge in [-0.05, 0) is 22.8 Å². The molecule has 2 rings (SSSR count). The molecule has 0 bridgehead atoms. The average Bonchev–Trinajstić information content (AvgIpc) is 2.34. The molecule has 0 heterocycles. The fraction of sp³-hybridized carbons (Fsp3) is 0.214. The number of ether oxygens (including phenoxy) is 1. The number of carboxylic acids is 1. The van der Waals surface area contributed by atoms with Gasteiger partial charge in [-0.1, -0.05) is 42.5 Å². The summed E-state index contributed by atoms with van der Waals surface area (Å²) in [6.45, 7) is 0.199. The molecule has 0 radical (unpaired) electrons. The van der Waals surface area contributed by atoms with Crippen molar-refractivity contribution in [3.05, 3.63) is 48.0 Å². The number of aliphatic carboxylic acids is 1. The minimum Gasteiger partial charge on any atom is -0.480 e. The van der Waals surface area contributed by atoms with Crippen LogP contribution in [0.25, 0.3) is 10.8 Å². The number of carboxylic acid groups (broad SMARTS) is 1. The van der Waals surface area contributed by atoms with Crippen LogP contribution in [0.2, 0.25) is 0 Å². The quantitative estimate of drug-likeness (QED) is 0.803. The van der Waals surface area contributed by atoms with Gasteiger partial charge in [0.2, 0.25) is 0 Å². The molecule has 0 amide bonds. The van der Waals surface area contributed by atoms with Crippen LogP contribution >= 0.6 is 0 Å². The van der Waals surface area contributed by atoms with Gasteiger partial charge in [-0.3, -0.25) is 0 Å². The second kappa shape index (κ2) is 5.46. The van der Waals surface area contributed by atoms with Crippen molar-refractivity contribution >= 4 is 16.7 Å². The predicted octanol–water partition coefficient (Wildman–Crippen LogP) is 2.48. The predicted molar refractivity (Wildman–Crippen MR) is 66.1 cm³/mol. The zero-order valence-corrected chi connectivity index (χ0v) is 9.43. The van der Waals surface area contributed by atoms with Crippen LogP contribution in [0.5, 0.6) is 0 Å². The average molecular weight is 230 g/mol. The van der Waals surface area contributed by atoms with E-state index in [1.165, 1.54) is 16.3 Å². The monoisotopic (exact) mass is 230 g/mol. The van der Waals surface area contributed by atoms with Gasteiger partial charge >= 0.3 is 5.97 Å². The van der Waals surface area contributed by atoms with Crippen molar-refractivity contribution in [1.82, 2.24) is 0 Å². The lowest BCUT2D eigenvalue weighted by Crippen LogP contribution is -2.09. The third-order valence-corrected chi connectivity index (χ3v) is 2.62. The molecule has 0 aliphatic rings. The first kappa shape index (κ1) is 11.6. The maximum absolute atomic E-state index is 10.3. The lowest BCUT2D eigenvalue weighted by molar-refractivity contribution is -0.142. The molecule has 0 saturated heterocycles. The second-order valence-corrected chi connectivity index (χ2v) is 3.83. The molecule has 2 aromatic rings. The van der Waals surface area contributed by atoms with Gasteiger partial charge in [-0.25, -0.2) is 4.79 Å². The standard InChI is InChI=1S/C14H14O3/c15-14(16)10-17-9-8-12-6-3-5-11-4-1-2-7-13(11)12/h1-7H,8-10H2,(H,15,16). The highest BCUT2D eigenvalue weighted by molar-refractivity contribution is 5.85. The molecule has 0 saturated carbocycles. The van der Waals surface area contributed by atoms with Gasteiger partial charge < -0.3 is 9.84 Å². The molecule has 3 nitrogen and oxygen atoms in total. The molecule has 0 atom stereocenters. The first-order valence-electron chi connectivity index (χ1n) is 5.53. The van der Waals surface area contributed by atoms with E-state index in [9.17, 15) is 4.79 Å². The maximum Gasteiger partial charge on any atom is 0.329 e. The van der Waals surface area contributed by atoms with E-state index in [-0.39, 0.29) is 6.61 Å². The fourth-order valence-corrected chi connectivity index (χ4v) is 1.85. The van der Waals surface area contributed by atoms with E-state index in [0.717, 1.165) is 6.42 Å². The Balaban J connectivity index is 2.05. The Morgan fingerprint density at radius 2 is 1.88 bits per heavy atom. The summed E-state index contributed by atoms with van der Waals surface area (Å²) in [6.07, 6.45) is 0.731. The van der Waals surface area contributed by atoms with E-state index in [2.05, 4.69) is 18.2 Å². The van der Waals surface area contributed by atoms with Crippen molar-refractivity contribution < 1.29 is 14.6 Å². The highest BCUT2D eigenvalue weighted by atomic mass is 16.5. The number of rotatable bonds is 5. The Labute approximate surface area is 99.6 Å². The van der Waals surface area contributed by atoms with Gasteiger partial charge in [0.25, 0.3) is 0 Å². The van der Waals surface area contributed by atoms with Gasteiger partial charge in [-0.2, -0.15) is 0 Å². The summed E-state index contributed by atoms with van der Waals surface area (Å²) in [4.78, 5) is 10.3. The summed E-state index contributed by atoms with van der Waals surface area (Å²) >= 11 is 0. The van der Waals surface area contributed by atoms with E-state index in [1.54, 1.807) is 0 Å². The molecule has 1 N–H and O–H groups in total. The second-order valence-electron chi connectivity index (χ2n) is 3.83. The van der Waals surface area contributed by atoms with Crippen molar-refractivity contribution in [3.63, 3.8) is 0 Å². The minimum absolute atomic E-state index is 0.231. The van der Waals surface area contributed by atoms with E-state index in [4.69, 9.17) is 9.84 Å². The van der Waals surface area contributed by atoms with Crippen LogP contribution in [-0.2, 0) is 16.0 Å². The van der Waals surface area contributed by atoms with E-state index >= 15 is 0 Å². The summed E-state index contributed by atoms with van der Waals surface area (Å²) in [5, 5.41) is 10.9. The summed E-state index contributed by atoms with van der Waals surface area (Å²) in [5.74, 6) is -0.928. The zero-order chi connectivity index (χ0) is 12.1. The number of hydrogen-bond acceptors (Lipinski definition) is 2. The number of carbonyl (C=O) groups is 1. The van der Waals surface area contributed by atoms with E-state index in [1.807, 2.05) is 24.3 Å². The van der Waals surface area contributed by atoms with Gasteiger partial charge in [0, 0.05) is 0 Å². The summed E-state index contributed by atoms with van der Waals surface area (Å²) < 4.78 is 5.05. The molecule has 0 spiro atoms. The van der Waals surface area contributed by atoms with Crippen LogP contribution in [0.3, 0.4) is 0 Å². The summed E-state index contributed by atoms with van der Waals surface area (Å²) in [5.41, 5.74) is 1.19. The Hall–Kier alpha value is -1.87. The molecule has 0 aliphatic heterocycles. The lowest BCUT2D eigenvalue weighted by atomic mass is 10.0. The third-order valence-electron chi connectivity index (χ3n) is 2.62. The first-order valence-corrected chi connectivity index (χ1v) is 5.53. The van der Waals surface area contributed by atoms with Gasteiger partial charge in [0.1, 0.15) is 6.61 Å². The van der Waals surface area contributed by atoms with E-state index in [0.29, 0.717) is 6.61 Å². The fourth-order valence-electron chi connectivity index (χ4n) is 1.85. The smallest absolute Gasteiger partial charge is 0.329 e. The van der Waals surface area contributed by atoms with Crippen LogP contribution in [0, 0.1) is 0 Å². The Kier molecular flexibility index (Phi) is 3.73. The van der Waals surface area contributed by atoms with Crippen LogP contribution in [0.1, 0.15) is 5.56 Å². The number of benzene rings is 2. The minimum atomic E-state index is -0.928. The third kappa shape index (κ3) is 3.04. The summed E-state index contributed by atoms with van der Waals surface area (Å²) in [7, 11) is 0. The molecule has 3 heteroatoms. The topological polar surface area (TPSA) is 46.5 Å². The molecule has 0 fully saturated rings.